The fraction of sp³-hybridized carbons (Fsp3) is 0.500. The molecule has 0 aromatic heterocycles. The van der Waals surface area contributed by atoms with E-state index in [2.05, 4.69) is 19.2 Å². The molecule has 2 atom stereocenters. The van der Waals surface area contributed by atoms with Crippen molar-refractivity contribution in [2.45, 2.75) is 46.1 Å². The Bertz CT molecular complexity index is 465. The molecule has 2 N–H and O–H groups in total. The van der Waals surface area contributed by atoms with Crippen LogP contribution in [0.15, 0.2) is 24.3 Å². The van der Waals surface area contributed by atoms with Gasteiger partial charge in [-0.15, -0.1) is 0 Å². The molecule has 1 amide bonds. The van der Waals surface area contributed by atoms with Gasteiger partial charge in [0.25, 0.3) is 5.91 Å². The predicted octanol–water partition coefficient (Wildman–Crippen LogP) is 3.04. The molecule has 0 radical (unpaired) electrons. The lowest BCUT2D eigenvalue weighted by Crippen LogP contribution is -2.45. The zero-order chi connectivity index (χ0) is 15.3. The van der Waals surface area contributed by atoms with Crippen molar-refractivity contribution in [3.8, 4) is 0 Å². The van der Waals surface area contributed by atoms with Gasteiger partial charge in [0, 0.05) is 5.56 Å². The number of rotatable bonds is 6. The van der Waals surface area contributed by atoms with Gasteiger partial charge in [-0.3, -0.25) is 4.79 Å². The smallest absolute Gasteiger partial charge is 0.326 e. The highest BCUT2D eigenvalue weighted by Crippen LogP contribution is 2.15. The largest absolute Gasteiger partial charge is 0.480 e. The van der Waals surface area contributed by atoms with Gasteiger partial charge in [0.2, 0.25) is 0 Å². The quantitative estimate of drug-likeness (QED) is 0.840. The molecule has 1 aromatic carbocycles. The minimum absolute atomic E-state index is 0.105. The maximum atomic E-state index is 12.1. The summed E-state index contributed by atoms with van der Waals surface area (Å²) < 4.78 is 0. The van der Waals surface area contributed by atoms with E-state index >= 15 is 0 Å². The van der Waals surface area contributed by atoms with Crippen molar-refractivity contribution < 1.29 is 14.7 Å². The highest BCUT2D eigenvalue weighted by molar-refractivity contribution is 5.96. The molecule has 0 heterocycles. The van der Waals surface area contributed by atoms with Crippen molar-refractivity contribution in [3.63, 3.8) is 0 Å². The van der Waals surface area contributed by atoms with Gasteiger partial charge in [-0.25, -0.2) is 4.79 Å². The second kappa shape index (κ2) is 7.08. The highest BCUT2D eigenvalue weighted by Gasteiger charge is 2.25. The van der Waals surface area contributed by atoms with Gasteiger partial charge in [-0.1, -0.05) is 46.2 Å². The van der Waals surface area contributed by atoms with Crippen molar-refractivity contribution in [3.05, 3.63) is 35.4 Å². The summed E-state index contributed by atoms with van der Waals surface area (Å²) in [6.07, 6.45) is 0.698. The van der Waals surface area contributed by atoms with Crippen LogP contribution in [-0.4, -0.2) is 23.0 Å². The number of hydrogen-bond acceptors (Lipinski definition) is 2. The first-order valence-corrected chi connectivity index (χ1v) is 7.00. The molecule has 0 aliphatic heterocycles. The van der Waals surface area contributed by atoms with Crippen LogP contribution in [0.3, 0.4) is 0 Å². The van der Waals surface area contributed by atoms with Crippen molar-refractivity contribution in [1.29, 1.82) is 0 Å². The summed E-state index contributed by atoms with van der Waals surface area (Å²) >= 11 is 0. The average Bonchev–Trinajstić information content (AvgIpc) is 2.43. The van der Waals surface area contributed by atoms with Gasteiger partial charge in [0.1, 0.15) is 6.04 Å². The lowest BCUT2D eigenvalue weighted by atomic mass is 9.98. The number of carbonyl (C=O) groups excluding carboxylic acids is 1. The van der Waals surface area contributed by atoms with Crippen molar-refractivity contribution in [2.75, 3.05) is 0 Å². The van der Waals surface area contributed by atoms with Gasteiger partial charge in [0.15, 0.2) is 0 Å². The molecule has 0 fully saturated rings. The monoisotopic (exact) mass is 277 g/mol. The van der Waals surface area contributed by atoms with Crippen LogP contribution >= 0.6 is 0 Å². The molecule has 0 saturated heterocycles. The summed E-state index contributed by atoms with van der Waals surface area (Å²) in [5.74, 6) is -1.04. The molecule has 4 nitrogen and oxygen atoms in total. The first-order chi connectivity index (χ1) is 9.36. The molecule has 0 unspecified atom stereocenters. The average molecular weight is 277 g/mol. The van der Waals surface area contributed by atoms with Crippen LogP contribution in [0.2, 0.25) is 0 Å². The lowest BCUT2D eigenvalue weighted by Gasteiger charge is -2.20. The van der Waals surface area contributed by atoms with E-state index in [9.17, 15) is 14.7 Å². The predicted molar refractivity (Wildman–Crippen MR) is 78.9 cm³/mol. The maximum absolute atomic E-state index is 12.1. The molecule has 1 aromatic rings. The standard InChI is InChI=1S/C16H23NO3/c1-5-11(4)14(16(19)20)17-15(18)13-8-6-12(7-9-13)10(2)3/h6-11,14H,5H2,1-4H3,(H,17,18)(H,19,20)/t11-,14+/m0/s1. The summed E-state index contributed by atoms with van der Waals surface area (Å²) in [5, 5.41) is 11.8. The number of carboxylic acids is 1. The Hall–Kier alpha value is -1.84. The molecule has 0 bridgehead atoms. The molecule has 20 heavy (non-hydrogen) atoms. The number of benzene rings is 1. The zero-order valence-electron chi connectivity index (χ0n) is 12.5. The number of carboxylic acid groups (broad SMARTS) is 1. The molecule has 110 valence electrons. The van der Waals surface area contributed by atoms with E-state index in [1.54, 1.807) is 12.1 Å². The zero-order valence-corrected chi connectivity index (χ0v) is 12.5. The first kappa shape index (κ1) is 16.2. The fourth-order valence-electron chi connectivity index (χ4n) is 1.93. The molecule has 0 aliphatic carbocycles. The first-order valence-electron chi connectivity index (χ1n) is 7.00. The Morgan fingerprint density at radius 3 is 2.10 bits per heavy atom. The maximum Gasteiger partial charge on any atom is 0.326 e. The van der Waals surface area contributed by atoms with E-state index in [4.69, 9.17) is 0 Å². The van der Waals surface area contributed by atoms with Crippen LogP contribution in [0.4, 0.5) is 0 Å². The van der Waals surface area contributed by atoms with Crippen LogP contribution in [0.5, 0.6) is 0 Å². The Labute approximate surface area is 120 Å². The fourth-order valence-corrected chi connectivity index (χ4v) is 1.93. The van der Waals surface area contributed by atoms with Crippen LogP contribution in [0.1, 0.15) is 56.0 Å². The van der Waals surface area contributed by atoms with Gasteiger partial charge in [-0.05, 0) is 29.5 Å². The Balaban J connectivity index is 2.81. The second-order valence-corrected chi connectivity index (χ2v) is 5.45. The molecule has 0 spiro atoms. The second-order valence-electron chi connectivity index (χ2n) is 5.45. The lowest BCUT2D eigenvalue weighted by molar-refractivity contribution is -0.140. The number of carbonyl (C=O) groups is 2. The van der Waals surface area contributed by atoms with Crippen molar-refractivity contribution in [2.24, 2.45) is 5.92 Å². The van der Waals surface area contributed by atoms with Gasteiger partial charge in [0.05, 0.1) is 0 Å². The molecule has 4 heteroatoms. The molecule has 0 saturated carbocycles. The highest BCUT2D eigenvalue weighted by atomic mass is 16.4. The molecule has 0 aliphatic rings. The van der Waals surface area contributed by atoms with E-state index in [1.165, 1.54) is 0 Å². The number of aliphatic carboxylic acids is 1. The van der Waals surface area contributed by atoms with E-state index in [0.29, 0.717) is 17.9 Å². The van der Waals surface area contributed by atoms with Gasteiger partial charge in [-0.2, -0.15) is 0 Å². The third kappa shape index (κ3) is 4.08. The minimum Gasteiger partial charge on any atom is -0.480 e. The summed E-state index contributed by atoms with van der Waals surface area (Å²) in [7, 11) is 0. The SMILES string of the molecule is CC[C@H](C)[C@@H](NC(=O)c1ccc(C(C)C)cc1)C(=O)O. The van der Waals surface area contributed by atoms with Crippen LogP contribution in [-0.2, 0) is 4.79 Å². The van der Waals surface area contributed by atoms with Crippen LogP contribution < -0.4 is 5.32 Å². The summed E-state index contributed by atoms with van der Waals surface area (Å²) in [6.45, 7) is 7.89. The van der Waals surface area contributed by atoms with Crippen molar-refractivity contribution >= 4 is 11.9 Å². The number of hydrogen-bond donors (Lipinski definition) is 2. The van der Waals surface area contributed by atoms with Crippen LogP contribution in [0, 0.1) is 5.92 Å². The third-order valence-electron chi connectivity index (χ3n) is 3.61. The van der Waals surface area contributed by atoms with Gasteiger partial charge >= 0.3 is 5.97 Å². The molecular formula is C16H23NO3. The third-order valence-corrected chi connectivity index (χ3v) is 3.61. The Kier molecular flexibility index (Phi) is 5.74. The summed E-state index contributed by atoms with van der Waals surface area (Å²) in [5.41, 5.74) is 1.64. The van der Waals surface area contributed by atoms with Gasteiger partial charge < -0.3 is 10.4 Å². The normalized spacial score (nSPS) is 13.8. The minimum atomic E-state index is -0.994. The Morgan fingerprint density at radius 2 is 1.70 bits per heavy atom. The van der Waals surface area contributed by atoms with Crippen LogP contribution in [0.25, 0.3) is 0 Å². The van der Waals surface area contributed by atoms with Crippen molar-refractivity contribution in [1.82, 2.24) is 5.32 Å². The molecular weight excluding hydrogens is 254 g/mol. The summed E-state index contributed by atoms with van der Waals surface area (Å²) in [4.78, 5) is 23.3. The Morgan fingerprint density at radius 1 is 1.15 bits per heavy atom. The topological polar surface area (TPSA) is 66.4 Å². The van der Waals surface area contributed by atoms with E-state index in [1.807, 2.05) is 26.0 Å². The number of amides is 1. The molecule has 1 rings (SSSR count). The van der Waals surface area contributed by atoms with E-state index in [0.717, 1.165) is 5.56 Å². The number of nitrogens with one attached hydrogen (secondary N) is 1. The van der Waals surface area contributed by atoms with E-state index in [-0.39, 0.29) is 11.8 Å². The van der Waals surface area contributed by atoms with E-state index < -0.39 is 12.0 Å². The summed E-state index contributed by atoms with van der Waals surface area (Å²) in [6, 6.07) is 6.43.